The predicted octanol–water partition coefficient (Wildman–Crippen LogP) is 5.91. The first-order chi connectivity index (χ1) is 16.1. The standard InChI is InChI=1S/C24H27ClF3N5O/c1-14(2)13-33-21(8-9-29-33)23(34)31-17-5-3-4-16(11-17)30-20-12-22(24(26,27)28)32-19-7-6-15(25)10-18(19)20/h6-10,12,14,16-17H,3-5,11,13H2,1-2H3,(H,30,32)(H,31,34)/t16-,17+/m0/s1. The zero-order valence-electron chi connectivity index (χ0n) is 19.0. The molecule has 1 aromatic carbocycles. The van der Waals surface area contributed by atoms with Gasteiger partial charge in [-0.15, -0.1) is 0 Å². The Kier molecular flexibility index (Phi) is 7.02. The Morgan fingerprint density at radius 3 is 2.71 bits per heavy atom. The van der Waals surface area contributed by atoms with E-state index in [0.29, 0.717) is 40.7 Å². The van der Waals surface area contributed by atoms with Gasteiger partial charge in [0.2, 0.25) is 0 Å². The first-order valence-corrected chi connectivity index (χ1v) is 11.7. The van der Waals surface area contributed by atoms with Gasteiger partial charge in [-0.1, -0.05) is 25.4 Å². The lowest BCUT2D eigenvalue weighted by Gasteiger charge is -2.31. The number of carbonyl (C=O) groups excluding carboxylic acids is 1. The van der Waals surface area contributed by atoms with E-state index in [1.807, 2.05) is 0 Å². The summed E-state index contributed by atoms with van der Waals surface area (Å²) < 4.78 is 42.0. The van der Waals surface area contributed by atoms with Crippen LogP contribution in [-0.2, 0) is 12.7 Å². The van der Waals surface area contributed by atoms with Crippen molar-refractivity contribution in [3.8, 4) is 0 Å². The minimum Gasteiger partial charge on any atom is -0.382 e. The fourth-order valence-electron chi connectivity index (χ4n) is 4.41. The first-order valence-electron chi connectivity index (χ1n) is 11.4. The molecule has 0 unspecified atom stereocenters. The Labute approximate surface area is 200 Å². The quantitative estimate of drug-likeness (QED) is 0.447. The summed E-state index contributed by atoms with van der Waals surface area (Å²) in [5.41, 5.74) is 0.116. The lowest BCUT2D eigenvalue weighted by molar-refractivity contribution is -0.140. The maximum Gasteiger partial charge on any atom is 0.433 e. The molecule has 0 saturated heterocycles. The van der Waals surface area contributed by atoms with Crippen LogP contribution in [-0.4, -0.2) is 32.8 Å². The maximum atomic E-state index is 13.4. The Morgan fingerprint density at radius 2 is 1.97 bits per heavy atom. The number of anilines is 1. The summed E-state index contributed by atoms with van der Waals surface area (Å²) in [6.45, 7) is 4.76. The van der Waals surface area contributed by atoms with Crippen molar-refractivity contribution in [1.82, 2.24) is 20.1 Å². The van der Waals surface area contributed by atoms with Crippen LogP contribution in [0.4, 0.5) is 18.9 Å². The van der Waals surface area contributed by atoms with E-state index >= 15 is 0 Å². The van der Waals surface area contributed by atoms with Crippen molar-refractivity contribution in [2.24, 2.45) is 5.92 Å². The molecule has 6 nitrogen and oxygen atoms in total. The van der Waals surface area contributed by atoms with Gasteiger partial charge in [0.05, 0.1) is 5.52 Å². The number of aromatic nitrogens is 3. The lowest BCUT2D eigenvalue weighted by Crippen LogP contribution is -2.42. The highest BCUT2D eigenvalue weighted by molar-refractivity contribution is 6.31. The molecule has 2 heterocycles. The molecule has 0 radical (unpaired) electrons. The SMILES string of the molecule is CC(C)Cn1nccc1C(=O)N[C@@H]1CCC[C@H](Nc2cc(C(F)(F)F)nc3ccc(Cl)cc23)C1. The Balaban J connectivity index is 1.51. The summed E-state index contributed by atoms with van der Waals surface area (Å²) in [6.07, 6.45) is 0.0641. The largest absolute Gasteiger partial charge is 0.433 e. The van der Waals surface area contributed by atoms with Crippen LogP contribution in [0, 0.1) is 5.92 Å². The third kappa shape index (κ3) is 5.63. The minimum atomic E-state index is -4.56. The molecule has 2 atom stereocenters. The van der Waals surface area contributed by atoms with E-state index in [2.05, 4.69) is 34.6 Å². The van der Waals surface area contributed by atoms with E-state index in [-0.39, 0.29) is 23.5 Å². The third-order valence-electron chi connectivity index (χ3n) is 5.92. The van der Waals surface area contributed by atoms with Gasteiger partial charge in [0.1, 0.15) is 11.4 Å². The van der Waals surface area contributed by atoms with Gasteiger partial charge in [0.15, 0.2) is 0 Å². The number of fused-ring (bicyclic) bond motifs is 1. The zero-order chi connectivity index (χ0) is 24.5. The molecule has 10 heteroatoms. The number of nitrogens with one attached hydrogen (secondary N) is 2. The normalized spacial score (nSPS) is 18.9. The molecular formula is C24H27ClF3N5O. The molecule has 182 valence electrons. The molecule has 1 amide bonds. The number of pyridine rings is 1. The van der Waals surface area contributed by atoms with Crippen LogP contribution in [0.5, 0.6) is 0 Å². The van der Waals surface area contributed by atoms with Crippen molar-refractivity contribution >= 4 is 34.1 Å². The summed E-state index contributed by atoms with van der Waals surface area (Å²) in [5.74, 6) is 0.157. The molecule has 2 aromatic heterocycles. The van der Waals surface area contributed by atoms with Gasteiger partial charge in [-0.3, -0.25) is 9.48 Å². The van der Waals surface area contributed by atoms with Gasteiger partial charge in [0, 0.05) is 40.9 Å². The van der Waals surface area contributed by atoms with Crippen LogP contribution in [0.25, 0.3) is 10.9 Å². The van der Waals surface area contributed by atoms with E-state index < -0.39 is 11.9 Å². The van der Waals surface area contributed by atoms with Crippen molar-refractivity contribution in [3.05, 3.63) is 52.9 Å². The van der Waals surface area contributed by atoms with Crippen LogP contribution < -0.4 is 10.6 Å². The molecule has 4 rings (SSSR count). The van der Waals surface area contributed by atoms with Gasteiger partial charge in [-0.05, 0) is 61.9 Å². The highest BCUT2D eigenvalue weighted by Crippen LogP contribution is 2.35. The molecule has 3 aromatic rings. The van der Waals surface area contributed by atoms with Crippen molar-refractivity contribution in [2.45, 2.75) is 64.3 Å². The van der Waals surface area contributed by atoms with E-state index in [4.69, 9.17) is 11.6 Å². The van der Waals surface area contributed by atoms with Crippen molar-refractivity contribution < 1.29 is 18.0 Å². The second kappa shape index (κ2) is 9.82. The molecule has 0 bridgehead atoms. The highest BCUT2D eigenvalue weighted by atomic mass is 35.5. The van der Waals surface area contributed by atoms with Crippen LogP contribution in [0.15, 0.2) is 36.5 Å². The van der Waals surface area contributed by atoms with E-state index in [9.17, 15) is 18.0 Å². The third-order valence-corrected chi connectivity index (χ3v) is 6.15. The smallest absolute Gasteiger partial charge is 0.382 e. The Morgan fingerprint density at radius 1 is 1.21 bits per heavy atom. The number of carbonyl (C=O) groups is 1. The summed E-state index contributed by atoms with van der Waals surface area (Å²) in [7, 11) is 0. The van der Waals surface area contributed by atoms with Gasteiger partial charge in [0.25, 0.3) is 5.91 Å². The van der Waals surface area contributed by atoms with Crippen LogP contribution >= 0.6 is 11.6 Å². The van der Waals surface area contributed by atoms with Crippen LogP contribution in [0.2, 0.25) is 5.02 Å². The minimum absolute atomic E-state index is 0.0973. The van der Waals surface area contributed by atoms with Crippen molar-refractivity contribution in [2.75, 3.05) is 5.32 Å². The summed E-state index contributed by atoms with van der Waals surface area (Å²) >= 11 is 6.10. The Bertz CT molecular complexity index is 1180. The van der Waals surface area contributed by atoms with Gasteiger partial charge in [-0.25, -0.2) is 4.98 Å². The maximum absolute atomic E-state index is 13.4. The second-order valence-corrected chi connectivity index (χ2v) is 9.62. The number of hydrogen-bond acceptors (Lipinski definition) is 4. The van der Waals surface area contributed by atoms with Crippen LogP contribution in [0.3, 0.4) is 0 Å². The van der Waals surface area contributed by atoms with Crippen molar-refractivity contribution in [1.29, 1.82) is 0 Å². The number of benzene rings is 1. The molecule has 2 N–H and O–H groups in total. The fraction of sp³-hybridized carbons (Fsp3) is 0.458. The predicted molar refractivity (Wildman–Crippen MR) is 126 cm³/mol. The molecule has 34 heavy (non-hydrogen) atoms. The van der Waals surface area contributed by atoms with E-state index in [1.54, 1.807) is 23.0 Å². The van der Waals surface area contributed by atoms with E-state index in [0.717, 1.165) is 25.3 Å². The van der Waals surface area contributed by atoms with Gasteiger partial charge >= 0.3 is 6.18 Å². The van der Waals surface area contributed by atoms with E-state index in [1.165, 1.54) is 12.1 Å². The number of nitrogens with zero attached hydrogens (tertiary/aromatic N) is 3. The molecule has 1 aliphatic rings. The number of hydrogen-bond donors (Lipinski definition) is 2. The fourth-order valence-corrected chi connectivity index (χ4v) is 4.58. The zero-order valence-corrected chi connectivity index (χ0v) is 19.7. The lowest BCUT2D eigenvalue weighted by atomic mass is 9.90. The topological polar surface area (TPSA) is 71.8 Å². The molecule has 1 aliphatic carbocycles. The number of alkyl halides is 3. The molecule has 1 fully saturated rings. The van der Waals surface area contributed by atoms with Crippen LogP contribution in [0.1, 0.15) is 55.7 Å². The first kappa shape index (κ1) is 24.3. The number of amides is 1. The Hall–Kier alpha value is -2.81. The highest BCUT2D eigenvalue weighted by Gasteiger charge is 2.34. The molecule has 0 spiro atoms. The number of halogens is 4. The average Bonchev–Trinajstić information content (AvgIpc) is 3.21. The monoisotopic (exact) mass is 493 g/mol. The number of rotatable bonds is 6. The molecular weight excluding hydrogens is 467 g/mol. The van der Waals surface area contributed by atoms with Gasteiger partial charge < -0.3 is 10.6 Å². The average molecular weight is 494 g/mol. The molecule has 1 saturated carbocycles. The second-order valence-electron chi connectivity index (χ2n) is 9.18. The van der Waals surface area contributed by atoms with Crippen molar-refractivity contribution in [3.63, 3.8) is 0 Å². The molecule has 0 aliphatic heterocycles. The summed E-state index contributed by atoms with van der Waals surface area (Å²) in [5, 5.41) is 11.5. The summed E-state index contributed by atoms with van der Waals surface area (Å²) in [4.78, 5) is 16.6. The summed E-state index contributed by atoms with van der Waals surface area (Å²) in [6, 6.07) is 7.15. The van der Waals surface area contributed by atoms with Gasteiger partial charge in [-0.2, -0.15) is 18.3 Å².